The molecule has 0 fully saturated rings. The van der Waals surface area contributed by atoms with Crippen molar-refractivity contribution in [3.8, 4) is 0 Å². The van der Waals surface area contributed by atoms with E-state index in [4.69, 9.17) is 5.11 Å². The van der Waals surface area contributed by atoms with Crippen LogP contribution >= 0.6 is 0 Å². The van der Waals surface area contributed by atoms with Crippen LogP contribution in [0.1, 0.15) is 44.2 Å². The number of amides is 1. The maximum Gasteiger partial charge on any atom is 0.303 e. The lowest BCUT2D eigenvalue weighted by atomic mass is 10.1. The molecule has 19 heavy (non-hydrogen) atoms. The summed E-state index contributed by atoms with van der Waals surface area (Å²) in [7, 11) is 0. The fraction of sp³-hybridized carbons (Fsp3) is 0.462. The number of hydrogen-bond acceptors (Lipinski definition) is 3. The van der Waals surface area contributed by atoms with E-state index >= 15 is 0 Å². The van der Waals surface area contributed by atoms with Crippen LogP contribution in [0.4, 0.5) is 0 Å². The third-order valence-electron chi connectivity index (χ3n) is 2.56. The van der Waals surface area contributed by atoms with Crippen molar-refractivity contribution in [2.75, 3.05) is 0 Å². The number of hydrazone groups is 1. The Morgan fingerprint density at radius 1 is 1.26 bits per heavy atom. The summed E-state index contributed by atoms with van der Waals surface area (Å²) in [6.45, 7) is 0. The van der Waals surface area contributed by atoms with Crippen molar-refractivity contribution in [1.29, 1.82) is 0 Å². The van der Waals surface area contributed by atoms with Crippen molar-refractivity contribution in [3.63, 3.8) is 0 Å². The monoisotopic (exact) mass is 265 g/mol. The molecular formula is C13H19N3O3. The zero-order valence-corrected chi connectivity index (χ0v) is 10.8. The van der Waals surface area contributed by atoms with Gasteiger partial charge in [0.25, 0.3) is 0 Å². The highest BCUT2D eigenvalue weighted by molar-refractivity contribution is 5.80. The molecule has 6 heteroatoms. The third-order valence-corrected chi connectivity index (χ3v) is 2.56. The fourth-order valence-corrected chi connectivity index (χ4v) is 1.57. The van der Waals surface area contributed by atoms with Crippen LogP contribution < -0.4 is 5.43 Å². The van der Waals surface area contributed by atoms with E-state index in [1.807, 2.05) is 12.1 Å². The number of aromatic amines is 1. The Balaban J connectivity index is 2.00. The van der Waals surface area contributed by atoms with Crippen molar-refractivity contribution in [2.45, 2.75) is 38.5 Å². The van der Waals surface area contributed by atoms with Crippen LogP contribution in [0.25, 0.3) is 0 Å². The van der Waals surface area contributed by atoms with Gasteiger partial charge in [0.15, 0.2) is 0 Å². The van der Waals surface area contributed by atoms with E-state index < -0.39 is 5.97 Å². The standard InChI is InChI=1S/C13H19N3O3/c17-12(7-3-1-2-4-8-13(18)19)16-15-10-11-6-5-9-14-11/h5-6,9-10,14H,1-4,7-8H2,(H,16,17)(H,18,19)/b15-10+. The summed E-state index contributed by atoms with van der Waals surface area (Å²) in [5.74, 6) is -0.891. The van der Waals surface area contributed by atoms with Gasteiger partial charge in [-0.3, -0.25) is 9.59 Å². The molecule has 0 bridgehead atoms. The Kier molecular flexibility index (Phi) is 7.01. The van der Waals surface area contributed by atoms with E-state index in [1.54, 1.807) is 12.4 Å². The molecule has 1 aromatic rings. The normalized spacial score (nSPS) is 10.7. The molecule has 1 heterocycles. The number of carbonyl (C=O) groups is 2. The number of hydrogen-bond donors (Lipinski definition) is 3. The minimum atomic E-state index is -0.767. The molecule has 0 unspecified atom stereocenters. The van der Waals surface area contributed by atoms with Gasteiger partial charge in [-0.05, 0) is 25.0 Å². The highest BCUT2D eigenvalue weighted by Crippen LogP contribution is 2.05. The number of carbonyl (C=O) groups excluding carboxylic acids is 1. The van der Waals surface area contributed by atoms with Gasteiger partial charge in [0.05, 0.1) is 11.9 Å². The van der Waals surface area contributed by atoms with Crippen LogP contribution in [0.5, 0.6) is 0 Å². The first-order valence-electron chi connectivity index (χ1n) is 6.35. The summed E-state index contributed by atoms with van der Waals surface area (Å²) in [5, 5.41) is 12.3. The molecule has 0 saturated heterocycles. The number of nitrogens with zero attached hydrogens (tertiary/aromatic N) is 1. The van der Waals surface area contributed by atoms with Crippen molar-refractivity contribution >= 4 is 18.1 Å². The van der Waals surface area contributed by atoms with Crippen LogP contribution in [-0.2, 0) is 9.59 Å². The Morgan fingerprint density at radius 2 is 2.00 bits per heavy atom. The summed E-state index contributed by atoms with van der Waals surface area (Å²) in [6, 6.07) is 3.69. The molecule has 0 spiro atoms. The minimum absolute atomic E-state index is 0.124. The second kappa shape index (κ2) is 8.91. The van der Waals surface area contributed by atoms with Crippen LogP contribution in [0.3, 0.4) is 0 Å². The van der Waals surface area contributed by atoms with Gasteiger partial charge in [0.2, 0.25) is 5.91 Å². The SMILES string of the molecule is O=C(O)CCCCCCC(=O)N/N=C/c1ccc[nH]1. The molecule has 0 aliphatic carbocycles. The lowest BCUT2D eigenvalue weighted by Crippen LogP contribution is -2.16. The largest absolute Gasteiger partial charge is 0.481 e. The van der Waals surface area contributed by atoms with Gasteiger partial charge in [-0.2, -0.15) is 5.10 Å². The average Bonchev–Trinajstić information content (AvgIpc) is 2.86. The average molecular weight is 265 g/mol. The first-order valence-corrected chi connectivity index (χ1v) is 6.35. The van der Waals surface area contributed by atoms with Crippen LogP contribution in [0.15, 0.2) is 23.4 Å². The number of nitrogens with one attached hydrogen (secondary N) is 2. The maximum absolute atomic E-state index is 11.4. The zero-order chi connectivity index (χ0) is 13.9. The zero-order valence-electron chi connectivity index (χ0n) is 10.8. The summed E-state index contributed by atoms with van der Waals surface area (Å²) in [5.41, 5.74) is 3.27. The lowest BCUT2D eigenvalue weighted by Gasteiger charge is -2.00. The van der Waals surface area contributed by atoms with E-state index in [0.717, 1.165) is 25.0 Å². The van der Waals surface area contributed by atoms with Crippen molar-refractivity contribution in [2.24, 2.45) is 5.10 Å². The Morgan fingerprint density at radius 3 is 2.63 bits per heavy atom. The highest BCUT2D eigenvalue weighted by atomic mass is 16.4. The van der Waals surface area contributed by atoms with Crippen LogP contribution in [0.2, 0.25) is 0 Å². The molecule has 3 N–H and O–H groups in total. The van der Waals surface area contributed by atoms with Crippen molar-refractivity contribution in [3.05, 3.63) is 24.0 Å². The lowest BCUT2D eigenvalue weighted by molar-refractivity contribution is -0.137. The van der Waals surface area contributed by atoms with Gasteiger partial charge < -0.3 is 10.1 Å². The summed E-state index contributed by atoms with van der Waals surface area (Å²) in [4.78, 5) is 24.6. The molecule has 6 nitrogen and oxygen atoms in total. The van der Waals surface area contributed by atoms with Crippen LogP contribution in [-0.4, -0.2) is 28.2 Å². The van der Waals surface area contributed by atoms with E-state index in [1.165, 1.54) is 0 Å². The number of aliphatic carboxylic acids is 1. The first kappa shape index (κ1) is 14.9. The topological polar surface area (TPSA) is 94.5 Å². The fourth-order valence-electron chi connectivity index (χ4n) is 1.57. The van der Waals surface area contributed by atoms with Gasteiger partial charge in [-0.1, -0.05) is 12.8 Å². The smallest absolute Gasteiger partial charge is 0.303 e. The molecule has 0 atom stereocenters. The Hall–Kier alpha value is -2.11. The van der Waals surface area contributed by atoms with Gasteiger partial charge in [-0.15, -0.1) is 0 Å². The maximum atomic E-state index is 11.4. The number of aromatic nitrogens is 1. The van der Waals surface area contributed by atoms with E-state index in [9.17, 15) is 9.59 Å². The summed E-state index contributed by atoms with van der Waals surface area (Å²) < 4.78 is 0. The van der Waals surface area contributed by atoms with Gasteiger partial charge in [0, 0.05) is 19.0 Å². The number of H-pyrrole nitrogens is 1. The van der Waals surface area contributed by atoms with Crippen LogP contribution in [0, 0.1) is 0 Å². The molecule has 1 aromatic heterocycles. The molecule has 0 aromatic carbocycles. The molecule has 0 radical (unpaired) electrons. The number of carboxylic acid groups (broad SMARTS) is 1. The van der Waals surface area contributed by atoms with Gasteiger partial charge in [-0.25, -0.2) is 5.43 Å². The van der Waals surface area contributed by atoms with Gasteiger partial charge >= 0.3 is 5.97 Å². The predicted molar refractivity (Wildman–Crippen MR) is 71.9 cm³/mol. The Labute approximate surface area is 111 Å². The molecule has 104 valence electrons. The second-order valence-electron chi connectivity index (χ2n) is 4.23. The molecule has 1 rings (SSSR count). The van der Waals surface area contributed by atoms with E-state index in [-0.39, 0.29) is 12.3 Å². The molecule has 0 aliphatic heterocycles. The second-order valence-corrected chi connectivity index (χ2v) is 4.23. The first-order chi connectivity index (χ1) is 9.18. The quantitative estimate of drug-likeness (QED) is 0.361. The third kappa shape index (κ3) is 7.75. The molecule has 0 saturated carbocycles. The molecular weight excluding hydrogens is 246 g/mol. The minimum Gasteiger partial charge on any atom is -0.481 e. The summed E-state index contributed by atoms with van der Waals surface area (Å²) in [6.07, 6.45) is 7.06. The Bertz CT molecular complexity index is 413. The molecule has 0 aliphatic rings. The highest BCUT2D eigenvalue weighted by Gasteiger charge is 2.00. The van der Waals surface area contributed by atoms with Crippen molar-refractivity contribution in [1.82, 2.24) is 10.4 Å². The number of rotatable bonds is 9. The van der Waals surface area contributed by atoms with Crippen molar-refractivity contribution < 1.29 is 14.7 Å². The molecule has 1 amide bonds. The predicted octanol–water partition coefficient (Wildman–Crippen LogP) is 1.89. The number of unbranched alkanes of at least 4 members (excludes halogenated alkanes) is 3. The summed E-state index contributed by atoms with van der Waals surface area (Å²) >= 11 is 0. The van der Waals surface area contributed by atoms with E-state index in [0.29, 0.717) is 12.8 Å². The van der Waals surface area contributed by atoms with Gasteiger partial charge in [0.1, 0.15) is 0 Å². The van der Waals surface area contributed by atoms with E-state index in [2.05, 4.69) is 15.5 Å². The number of carboxylic acids is 1.